The second-order valence-corrected chi connectivity index (χ2v) is 10.2. The molecule has 168 valence electrons. The third kappa shape index (κ3) is 4.99. The van der Waals surface area contributed by atoms with Gasteiger partial charge in [-0.2, -0.15) is 9.40 Å². The van der Waals surface area contributed by atoms with Gasteiger partial charge in [-0.3, -0.25) is 4.57 Å². The predicted molar refractivity (Wildman–Crippen MR) is 119 cm³/mol. The Morgan fingerprint density at radius 2 is 1.94 bits per heavy atom. The summed E-state index contributed by atoms with van der Waals surface area (Å²) in [6.45, 7) is 3.63. The third-order valence-electron chi connectivity index (χ3n) is 5.94. The molecule has 1 aliphatic heterocycles. The number of piperidine rings is 1. The van der Waals surface area contributed by atoms with Crippen LogP contribution in [-0.4, -0.2) is 53.9 Å². The van der Waals surface area contributed by atoms with Crippen molar-refractivity contribution in [3.63, 3.8) is 0 Å². The number of methoxy groups -OCH3 is 1. The highest BCUT2D eigenvalue weighted by Crippen LogP contribution is 2.37. The molecule has 2 fully saturated rings. The van der Waals surface area contributed by atoms with Crippen molar-refractivity contribution in [2.75, 3.05) is 26.8 Å². The summed E-state index contributed by atoms with van der Waals surface area (Å²) in [5.41, 5.74) is 1.86. The van der Waals surface area contributed by atoms with Gasteiger partial charge in [0.15, 0.2) is 0 Å². The minimum Gasteiger partial charge on any atom is -0.383 e. The number of hydrogen-bond acceptors (Lipinski definition) is 5. The molecule has 0 bridgehead atoms. The Labute approximate surface area is 183 Å². The number of aryl methyl sites for hydroxylation is 1. The average Bonchev–Trinajstić information content (AvgIpc) is 3.55. The van der Waals surface area contributed by atoms with Crippen molar-refractivity contribution in [1.29, 1.82) is 0 Å². The van der Waals surface area contributed by atoms with Crippen LogP contribution in [0.2, 0.25) is 0 Å². The first-order valence-electron chi connectivity index (χ1n) is 10.8. The van der Waals surface area contributed by atoms with Gasteiger partial charge in [0.05, 0.1) is 13.2 Å². The smallest absolute Gasteiger partial charge is 0.346 e. The Hall–Kier alpha value is -2.23. The monoisotopic (exact) mass is 446 g/mol. The van der Waals surface area contributed by atoms with Gasteiger partial charge in [0.25, 0.3) is 0 Å². The van der Waals surface area contributed by atoms with E-state index in [4.69, 9.17) is 4.74 Å². The standard InChI is InChI=1S/C22H30N4O4S/c1-17-5-7-18(8-6-17)11-15-31(28,29)24-12-3-4-19(16-24)21-23-25(13-14-30-2)22(27)26(21)20-9-10-20/h5-8,11,15,19-20H,3-4,9-10,12-14,16H2,1-2H3/b15-11+. The summed E-state index contributed by atoms with van der Waals surface area (Å²) >= 11 is 0. The van der Waals surface area contributed by atoms with Crippen LogP contribution in [0.4, 0.5) is 0 Å². The second-order valence-electron chi connectivity index (χ2n) is 8.41. The van der Waals surface area contributed by atoms with Gasteiger partial charge in [-0.05, 0) is 44.2 Å². The van der Waals surface area contributed by atoms with Crippen LogP contribution in [0, 0.1) is 6.92 Å². The highest BCUT2D eigenvalue weighted by atomic mass is 32.2. The molecule has 1 atom stereocenters. The van der Waals surface area contributed by atoms with Gasteiger partial charge in [-0.1, -0.05) is 29.8 Å². The Balaban J connectivity index is 1.54. The molecule has 9 heteroatoms. The topological polar surface area (TPSA) is 86.4 Å². The zero-order chi connectivity index (χ0) is 22.0. The molecule has 1 saturated heterocycles. The quantitative estimate of drug-likeness (QED) is 0.622. The summed E-state index contributed by atoms with van der Waals surface area (Å²) in [6.07, 6.45) is 5.14. The van der Waals surface area contributed by atoms with Gasteiger partial charge in [-0.25, -0.2) is 17.9 Å². The highest BCUT2D eigenvalue weighted by Gasteiger charge is 2.36. The SMILES string of the molecule is COCCn1nc(C2CCCN(S(=O)(=O)/C=C/c3ccc(C)cc3)C2)n(C2CC2)c1=O. The number of hydrogen-bond donors (Lipinski definition) is 0. The zero-order valence-electron chi connectivity index (χ0n) is 18.1. The lowest BCUT2D eigenvalue weighted by Crippen LogP contribution is -2.39. The van der Waals surface area contributed by atoms with Crippen LogP contribution in [0.3, 0.4) is 0 Å². The minimum atomic E-state index is -3.56. The van der Waals surface area contributed by atoms with Crippen LogP contribution in [0.5, 0.6) is 0 Å². The number of sulfonamides is 1. The van der Waals surface area contributed by atoms with Gasteiger partial charge in [0.2, 0.25) is 10.0 Å². The van der Waals surface area contributed by atoms with Crippen molar-refractivity contribution >= 4 is 16.1 Å². The summed E-state index contributed by atoms with van der Waals surface area (Å²) in [5.74, 6) is 0.624. The maximum absolute atomic E-state index is 13.0. The van der Waals surface area contributed by atoms with E-state index in [1.165, 1.54) is 14.4 Å². The first kappa shape index (κ1) is 22.0. The van der Waals surface area contributed by atoms with E-state index in [0.717, 1.165) is 36.8 Å². The summed E-state index contributed by atoms with van der Waals surface area (Å²) in [4.78, 5) is 12.8. The van der Waals surface area contributed by atoms with Crippen molar-refractivity contribution in [1.82, 2.24) is 18.7 Å². The first-order valence-corrected chi connectivity index (χ1v) is 12.3. The first-order chi connectivity index (χ1) is 14.9. The molecule has 2 aliphatic rings. The molecular weight excluding hydrogens is 416 g/mol. The molecule has 1 aromatic heterocycles. The Bertz CT molecular complexity index is 1100. The maximum Gasteiger partial charge on any atom is 0.346 e. The van der Waals surface area contributed by atoms with Gasteiger partial charge < -0.3 is 4.74 Å². The number of aromatic nitrogens is 3. The van der Waals surface area contributed by atoms with Crippen molar-refractivity contribution in [3.05, 3.63) is 57.1 Å². The van der Waals surface area contributed by atoms with Crippen LogP contribution in [-0.2, 0) is 21.3 Å². The fraction of sp³-hybridized carbons (Fsp3) is 0.545. The lowest BCUT2D eigenvalue weighted by Gasteiger charge is -2.30. The van der Waals surface area contributed by atoms with Gasteiger partial charge >= 0.3 is 5.69 Å². The molecule has 4 rings (SSSR count). The second kappa shape index (κ2) is 9.10. The molecule has 0 amide bonds. The molecule has 0 N–H and O–H groups in total. The van der Waals surface area contributed by atoms with Gasteiger partial charge in [0.1, 0.15) is 5.82 Å². The van der Waals surface area contributed by atoms with E-state index < -0.39 is 10.0 Å². The van der Waals surface area contributed by atoms with Crippen molar-refractivity contribution in [2.24, 2.45) is 0 Å². The van der Waals surface area contributed by atoms with E-state index in [1.807, 2.05) is 31.2 Å². The molecule has 1 aliphatic carbocycles. The number of benzene rings is 1. The maximum atomic E-state index is 13.0. The lowest BCUT2D eigenvalue weighted by molar-refractivity contribution is 0.182. The fourth-order valence-corrected chi connectivity index (χ4v) is 5.30. The van der Waals surface area contributed by atoms with Crippen LogP contribution >= 0.6 is 0 Å². The number of rotatable bonds is 8. The number of ether oxygens (including phenoxy) is 1. The lowest BCUT2D eigenvalue weighted by atomic mass is 9.99. The third-order valence-corrected chi connectivity index (χ3v) is 7.47. The highest BCUT2D eigenvalue weighted by molar-refractivity contribution is 7.92. The van der Waals surface area contributed by atoms with Crippen LogP contribution < -0.4 is 5.69 Å². The van der Waals surface area contributed by atoms with Crippen LogP contribution in [0.25, 0.3) is 6.08 Å². The van der Waals surface area contributed by atoms with Crippen molar-refractivity contribution < 1.29 is 13.2 Å². The van der Waals surface area contributed by atoms with Crippen molar-refractivity contribution in [3.8, 4) is 0 Å². The van der Waals surface area contributed by atoms with Gasteiger partial charge in [-0.15, -0.1) is 0 Å². The molecule has 2 aromatic rings. The summed E-state index contributed by atoms with van der Waals surface area (Å²) in [7, 11) is -1.96. The van der Waals surface area contributed by atoms with Crippen LogP contribution in [0.1, 0.15) is 54.6 Å². The van der Waals surface area contributed by atoms with E-state index in [1.54, 1.807) is 17.8 Å². The Kier molecular flexibility index (Phi) is 6.45. The van der Waals surface area contributed by atoms with E-state index >= 15 is 0 Å². The Morgan fingerprint density at radius 1 is 1.19 bits per heavy atom. The number of nitrogens with zero attached hydrogens (tertiary/aromatic N) is 4. The largest absolute Gasteiger partial charge is 0.383 e. The van der Waals surface area contributed by atoms with E-state index in [-0.39, 0.29) is 17.6 Å². The molecule has 1 unspecified atom stereocenters. The van der Waals surface area contributed by atoms with E-state index in [2.05, 4.69) is 5.10 Å². The van der Waals surface area contributed by atoms with Crippen LogP contribution in [0.15, 0.2) is 34.5 Å². The summed E-state index contributed by atoms with van der Waals surface area (Å²) in [6, 6.07) is 7.91. The molecule has 0 spiro atoms. The molecule has 1 aromatic carbocycles. The summed E-state index contributed by atoms with van der Waals surface area (Å²) < 4.78 is 35.8. The molecule has 0 radical (unpaired) electrons. The minimum absolute atomic E-state index is 0.0894. The Morgan fingerprint density at radius 3 is 2.61 bits per heavy atom. The van der Waals surface area contributed by atoms with Crippen molar-refractivity contribution in [2.45, 2.75) is 51.1 Å². The molecule has 8 nitrogen and oxygen atoms in total. The zero-order valence-corrected chi connectivity index (χ0v) is 18.9. The molecular formula is C22H30N4O4S. The average molecular weight is 447 g/mol. The molecule has 1 saturated carbocycles. The van der Waals surface area contributed by atoms with E-state index in [9.17, 15) is 13.2 Å². The predicted octanol–water partition coefficient (Wildman–Crippen LogP) is 2.51. The molecule has 31 heavy (non-hydrogen) atoms. The molecule has 2 heterocycles. The van der Waals surface area contributed by atoms with Gasteiger partial charge in [0, 0.05) is 37.6 Å². The summed E-state index contributed by atoms with van der Waals surface area (Å²) in [5, 5.41) is 5.88. The van der Waals surface area contributed by atoms with E-state index in [0.29, 0.717) is 32.1 Å². The normalized spacial score (nSPS) is 20.5. The fourth-order valence-electron chi connectivity index (χ4n) is 4.03.